The molecule has 3 aromatic rings. The highest BCUT2D eigenvalue weighted by Gasteiger charge is 2.38. The van der Waals surface area contributed by atoms with Crippen molar-refractivity contribution in [1.82, 2.24) is 19.6 Å². The van der Waals surface area contributed by atoms with Gasteiger partial charge >= 0.3 is 0 Å². The molecule has 2 aromatic heterocycles. The first kappa shape index (κ1) is 14.2. The van der Waals surface area contributed by atoms with Crippen molar-refractivity contribution >= 4 is 10.9 Å². The van der Waals surface area contributed by atoms with E-state index in [1.807, 2.05) is 0 Å². The van der Waals surface area contributed by atoms with Gasteiger partial charge < -0.3 is 14.0 Å². The minimum atomic E-state index is 0.408. The van der Waals surface area contributed by atoms with Crippen molar-refractivity contribution in [2.24, 2.45) is 13.0 Å². The Bertz CT molecular complexity index is 901. The van der Waals surface area contributed by atoms with Crippen LogP contribution in [0.1, 0.15) is 30.2 Å². The van der Waals surface area contributed by atoms with E-state index in [1.54, 1.807) is 0 Å². The number of para-hydroxylation sites is 1. The number of hydrogen-bond acceptors (Lipinski definition) is 4. The van der Waals surface area contributed by atoms with E-state index >= 15 is 0 Å². The van der Waals surface area contributed by atoms with Crippen LogP contribution in [0.5, 0.6) is 0 Å². The number of rotatable bonds is 2. The quantitative estimate of drug-likeness (QED) is 0.726. The van der Waals surface area contributed by atoms with E-state index < -0.39 is 0 Å². The maximum absolute atomic E-state index is 5.70. The number of aryl methyl sites for hydroxylation is 2. The van der Waals surface area contributed by atoms with Gasteiger partial charge in [-0.3, -0.25) is 0 Å². The maximum Gasteiger partial charge on any atom is 0.231 e. The normalized spacial score (nSPS) is 26.3. The van der Waals surface area contributed by atoms with Crippen LogP contribution in [0.4, 0.5) is 0 Å². The lowest BCUT2D eigenvalue weighted by Gasteiger charge is -2.43. The monoisotopic (exact) mass is 322 g/mol. The van der Waals surface area contributed by atoms with Gasteiger partial charge in [-0.2, -0.15) is 4.98 Å². The van der Waals surface area contributed by atoms with Gasteiger partial charge in [0.05, 0.1) is 11.4 Å². The number of hydrogen-bond donors (Lipinski definition) is 0. The van der Waals surface area contributed by atoms with Crippen LogP contribution >= 0.6 is 0 Å². The number of fused-ring (bicyclic) bond motifs is 4. The van der Waals surface area contributed by atoms with Crippen LogP contribution in [0.15, 0.2) is 28.9 Å². The summed E-state index contributed by atoms with van der Waals surface area (Å²) in [6, 6.07) is 6.37. The number of piperidine rings is 3. The molecule has 0 aliphatic carbocycles. The summed E-state index contributed by atoms with van der Waals surface area (Å²) in [5.74, 6) is 2.66. The van der Waals surface area contributed by atoms with Crippen LogP contribution < -0.4 is 0 Å². The summed E-state index contributed by atoms with van der Waals surface area (Å²) in [7, 11) is 2.08. The number of benzene rings is 1. The lowest BCUT2D eigenvalue weighted by atomic mass is 9.79. The molecule has 5 nitrogen and oxygen atoms in total. The van der Waals surface area contributed by atoms with E-state index in [-0.39, 0.29) is 0 Å². The molecular formula is C19H22N4O. The zero-order valence-corrected chi connectivity index (χ0v) is 14.2. The molecule has 0 spiro atoms. The summed E-state index contributed by atoms with van der Waals surface area (Å²) in [6.07, 6.45) is 4.63. The average Bonchev–Trinajstić information content (AvgIpc) is 3.21. The second kappa shape index (κ2) is 5.18. The average molecular weight is 322 g/mol. The highest BCUT2D eigenvalue weighted by Crippen LogP contribution is 2.39. The van der Waals surface area contributed by atoms with Crippen molar-refractivity contribution in [1.29, 1.82) is 0 Å². The van der Waals surface area contributed by atoms with Gasteiger partial charge in [-0.15, -0.1) is 0 Å². The van der Waals surface area contributed by atoms with Gasteiger partial charge in [0, 0.05) is 30.7 Å². The number of aromatic nitrogens is 3. The Morgan fingerprint density at radius 1 is 1.21 bits per heavy atom. The molecule has 5 heterocycles. The third-order valence-electron chi connectivity index (χ3n) is 5.86. The van der Waals surface area contributed by atoms with E-state index in [4.69, 9.17) is 9.51 Å². The molecule has 3 saturated heterocycles. The molecule has 0 amide bonds. The Kier molecular flexibility index (Phi) is 3.07. The fourth-order valence-electron chi connectivity index (χ4n) is 4.59. The predicted octanol–water partition coefficient (Wildman–Crippen LogP) is 3.35. The highest BCUT2D eigenvalue weighted by molar-refractivity contribution is 5.96. The highest BCUT2D eigenvalue weighted by atomic mass is 16.5. The smallest absolute Gasteiger partial charge is 0.231 e. The van der Waals surface area contributed by atoms with E-state index in [2.05, 4.69) is 53.0 Å². The minimum Gasteiger partial charge on any atom is -0.350 e. The summed E-state index contributed by atoms with van der Waals surface area (Å²) in [5.41, 5.74) is 3.57. The molecule has 1 aromatic carbocycles. The molecule has 1 unspecified atom stereocenters. The molecule has 5 heteroatoms. The zero-order chi connectivity index (χ0) is 16.3. The summed E-state index contributed by atoms with van der Waals surface area (Å²) < 4.78 is 7.86. The standard InChI is InChI=1S/C19H22N4O/c1-12-4-3-5-14-16(10-22(2)17(12)14)18-20-19(24-21-18)15-11-23-8-6-13(15)7-9-23/h3-5,10,13,15H,6-9,11H2,1-2H3. The second-order valence-electron chi connectivity index (χ2n) is 7.33. The molecule has 0 saturated carbocycles. The van der Waals surface area contributed by atoms with Crippen molar-refractivity contribution in [2.45, 2.75) is 25.7 Å². The first-order valence-electron chi connectivity index (χ1n) is 8.81. The van der Waals surface area contributed by atoms with Gasteiger partial charge in [-0.05, 0) is 44.3 Å². The largest absolute Gasteiger partial charge is 0.350 e. The SMILES string of the molecule is Cc1cccc2c(-c3noc(C4CN5CCC4CC5)n3)cn(C)c12. The molecule has 24 heavy (non-hydrogen) atoms. The van der Waals surface area contributed by atoms with Gasteiger partial charge in [0.15, 0.2) is 0 Å². The Morgan fingerprint density at radius 3 is 2.79 bits per heavy atom. The lowest BCUT2D eigenvalue weighted by molar-refractivity contribution is 0.0727. The van der Waals surface area contributed by atoms with Crippen molar-refractivity contribution in [3.8, 4) is 11.4 Å². The first-order chi connectivity index (χ1) is 11.7. The molecule has 124 valence electrons. The van der Waals surface area contributed by atoms with Gasteiger partial charge in [0.1, 0.15) is 0 Å². The summed E-state index contributed by atoms with van der Waals surface area (Å²) in [4.78, 5) is 7.32. The van der Waals surface area contributed by atoms with Gasteiger partial charge in [0.2, 0.25) is 11.7 Å². The van der Waals surface area contributed by atoms with E-state index in [1.165, 1.54) is 42.4 Å². The summed E-state index contributed by atoms with van der Waals surface area (Å²) in [6.45, 7) is 5.66. The first-order valence-corrected chi connectivity index (χ1v) is 8.81. The maximum atomic E-state index is 5.70. The van der Waals surface area contributed by atoms with Crippen LogP contribution in [0.25, 0.3) is 22.3 Å². The molecule has 3 aliphatic heterocycles. The zero-order valence-electron chi connectivity index (χ0n) is 14.2. The van der Waals surface area contributed by atoms with Crippen LogP contribution in [0.3, 0.4) is 0 Å². The Labute approximate surface area is 141 Å². The molecular weight excluding hydrogens is 300 g/mol. The fourth-order valence-corrected chi connectivity index (χ4v) is 4.59. The summed E-state index contributed by atoms with van der Waals surface area (Å²) >= 11 is 0. The topological polar surface area (TPSA) is 47.1 Å². The molecule has 6 rings (SSSR count). The van der Waals surface area contributed by atoms with E-state index in [0.717, 1.165) is 23.8 Å². The molecule has 0 N–H and O–H groups in total. The third-order valence-corrected chi connectivity index (χ3v) is 5.86. The molecule has 1 atom stereocenters. The Balaban J connectivity index is 1.55. The van der Waals surface area contributed by atoms with Gasteiger partial charge in [-0.1, -0.05) is 23.4 Å². The van der Waals surface area contributed by atoms with Crippen LogP contribution in [0, 0.1) is 12.8 Å². The minimum absolute atomic E-state index is 0.408. The van der Waals surface area contributed by atoms with E-state index in [0.29, 0.717) is 11.8 Å². The van der Waals surface area contributed by atoms with Gasteiger partial charge in [0.25, 0.3) is 0 Å². The van der Waals surface area contributed by atoms with Crippen molar-refractivity contribution < 1.29 is 4.52 Å². The van der Waals surface area contributed by atoms with Crippen LogP contribution in [-0.4, -0.2) is 39.2 Å². The van der Waals surface area contributed by atoms with E-state index in [9.17, 15) is 0 Å². The molecule has 2 bridgehead atoms. The molecule has 0 radical (unpaired) electrons. The molecule has 3 aliphatic rings. The third kappa shape index (κ3) is 2.04. The van der Waals surface area contributed by atoms with Gasteiger partial charge in [-0.25, -0.2) is 0 Å². The van der Waals surface area contributed by atoms with Crippen LogP contribution in [0.2, 0.25) is 0 Å². The van der Waals surface area contributed by atoms with Crippen molar-refractivity contribution in [2.75, 3.05) is 19.6 Å². The summed E-state index contributed by atoms with van der Waals surface area (Å²) in [5, 5.41) is 5.51. The predicted molar refractivity (Wildman–Crippen MR) is 92.9 cm³/mol. The van der Waals surface area contributed by atoms with Crippen molar-refractivity contribution in [3.63, 3.8) is 0 Å². The fraction of sp³-hybridized carbons (Fsp3) is 0.474. The Hall–Kier alpha value is -2.14. The van der Waals surface area contributed by atoms with Crippen molar-refractivity contribution in [3.05, 3.63) is 35.9 Å². The Morgan fingerprint density at radius 2 is 2.04 bits per heavy atom. The lowest BCUT2D eigenvalue weighted by Crippen LogP contribution is -2.46. The van der Waals surface area contributed by atoms with Crippen LogP contribution in [-0.2, 0) is 7.05 Å². The molecule has 3 fully saturated rings. The number of nitrogens with zero attached hydrogens (tertiary/aromatic N) is 4. The second-order valence-corrected chi connectivity index (χ2v) is 7.33.